The Bertz CT molecular complexity index is 941. The molecule has 2 heterocycles. The molecule has 0 unspecified atom stereocenters. The molecule has 134 valence electrons. The maximum Gasteiger partial charge on any atom is 0.306 e. The van der Waals surface area contributed by atoms with E-state index in [-0.39, 0.29) is 23.1 Å². The standard InChI is InChI=1S/C18H17N3O4S/c22-16-15(26-18(25)20-16)8-10-1-6-13-14(7-10)21(9-19-13)12-4-2-11(3-5-12)17(23)24/h1,6-9,11-12H,2-5H2,(H,23,24)(H,20,22,25)/b15-8+. The minimum Gasteiger partial charge on any atom is -0.481 e. The first kappa shape index (κ1) is 16.8. The van der Waals surface area contributed by atoms with Crippen molar-refractivity contribution >= 4 is 46.0 Å². The number of aliphatic carboxylic acids is 1. The van der Waals surface area contributed by atoms with Crippen LogP contribution in [0.4, 0.5) is 4.79 Å². The summed E-state index contributed by atoms with van der Waals surface area (Å²) in [7, 11) is 0. The molecule has 1 saturated heterocycles. The lowest BCUT2D eigenvalue weighted by Crippen LogP contribution is -2.23. The molecule has 1 saturated carbocycles. The lowest BCUT2D eigenvalue weighted by Gasteiger charge is -2.27. The number of thioether (sulfide) groups is 1. The molecule has 2 fully saturated rings. The Morgan fingerprint density at radius 2 is 2.04 bits per heavy atom. The van der Waals surface area contributed by atoms with Gasteiger partial charge in [-0.2, -0.15) is 0 Å². The smallest absolute Gasteiger partial charge is 0.306 e. The van der Waals surface area contributed by atoms with Gasteiger partial charge in [0.25, 0.3) is 11.1 Å². The van der Waals surface area contributed by atoms with Gasteiger partial charge < -0.3 is 9.67 Å². The summed E-state index contributed by atoms with van der Waals surface area (Å²) < 4.78 is 2.10. The SMILES string of the molecule is O=C1NC(=O)/C(=C\c2ccc3ncn(C4CCC(C(=O)O)CC4)c3c2)S1. The van der Waals surface area contributed by atoms with Crippen molar-refractivity contribution < 1.29 is 19.5 Å². The first-order valence-corrected chi connectivity index (χ1v) is 9.27. The fourth-order valence-electron chi connectivity index (χ4n) is 3.60. The highest BCUT2D eigenvalue weighted by atomic mass is 32.2. The van der Waals surface area contributed by atoms with E-state index in [9.17, 15) is 14.4 Å². The predicted octanol–water partition coefficient (Wildman–Crippen LogP) is 3.18. The average Bonchev–Trinajstić information content (AvgIpc) is 3.17. The van der Waals surface area contributed by atoms with E-state index in [0.29, 0.717) is 17.7 Å². The van der Waals surface area contributed by atoms with Gasteiger partial charge in [0, 0.05) is 6.04 Å². The third-order valence-corrected chi connectivity index (χ3v) is 5.79. The quantitative estimate of drug-likeness (QED) is 0.804. The Hall–Kier alpha value is -2.61. The lowest BCUT2D eigenvalue weighted by molar-refractivity contribution is -0.143. The van der Waals surface area contributed by atoms with Crippen LogP contribution >= 0.6 is 11.8 Å². The van der Waals surface area contributed by atoms with Gasteiger partial charge in [-0.1, -0.05) is 6.07 Å². The number of imidazole rings is 1. The summed E-state index contributed by atoms with van der Waals surface area (Å²) in [5, 5.41) is 11.0. The van der Waals surface area contributed by atoms with Crippen LogP contribution in [0.2, 0.25) is 0 Å². The molecule has 0 radical (unpaired) electrons. The summed E-state index contributed by atoms with van der Waals surface area (Å²) in [6, 6.07) is 5.93. The molecule has 1 aromatic heterocycles. The number of hydrogen-bond donors (Lipinski definition) is 2. The maximum absolute atomic E-state index is 11.7. The Morgan fingerprint density at radius 3 is 2.69 bits per heavy atom. The molecule has 0 spiro atoms. The molecule has 1 aliphatic carbocycles. The molecule has 26 heavy (non-hydrogen) atoms. The van der Waals surface area contributed by atoms with E-state index in [1.54, 1.807) is 12.4 Å². The van der Waals surface area contributed by atoms with Crippen LogP contribution in [0.25, 0.3) is 17.1 Å². The van der Waals surface area contributed by atoms with Crippen molar-refractivity contribution in [1.82, 2.24) is 14.9 Å². The monoisotopic (exact) mass is 371 g/mol. The van der Waals surface area contributed by atoms with Crippen molar-refractivity contribution in [3.05, 3.63) is 35.0 Å². The molecule has 8 heteroatoms. The number of nitrogens with zero attached hydrogens (tertiary/aromatic N) is 2. The number of carbonyl (C=O) groups excluding carboxylic acids is 2. The molecule has 2 N–H and O–H groups in total. The summed E-state index contributed by atoms with van der Waals surface area (Å²) in [5.74, 6) is -1.34. The van der Waals surface area contributed by atoms with Crippen molar-refractivity contribution in [3.63, 3.8) is 0 Å². The van der Waals surface area contributed by atoms with Gasteiger partial charge in [0.1, 0.15) is 0 Å². The van der Waals surface area contributed by atoms with Crippen molar-refractivity contribution in [3.8, 4) is 0 Å². The molecule has 1 aromatic carbocycles. The molecule has 0 bridgehead atoms. The molecule has 2 aliphatic rings. The van der Waals surface area contributed by atoms with Gasteiger partial charge >= 0.3 is 5.97 Å². The van der Waals surface area contributed by atoms with Crippen LogP contribution in [0.5, 0.6) is 0 Å². The van der Waals surface area contributed by atoms with Gasteiger partial charge in [-0.05, 0) is 61.2 Å². The van der Waals surface area contributed by atoms with Crippen molar-refractivity contribution in [2.75, 3.05) is 0 Å². The van der Waals surface area contributed by atoms with Gasteiger partial charge in [-0.15, -0.1) is 0 Å². The van der Waals surface area contributed by atoms with E-state index in [1.807, 2.05) is 18.2 Å². The number of hydrogen-bond acceptors (Lipinski definition) is 5. The molecular formula is C18H17N3O4S. The van der Waals surface area contributed by atoms with Gasteiger partial charge in [0.05, 0.1) is 28.2 Å². The van der Waals surface area contributed by atoms with E-state index in [0.717, 1.165) is 41.2 Å². The molecule has 2 amide bonds. The van der Waals surface area contributed by atoms with E-state index >= 15 is 0 Å². The van der Waals surface area contributed by atoms with Crippen molar-refractivity contribution in [2.24, 2.45) is 5.92 Å². The number of aromatic nitrogens is 2. The van der Waals surface area contributed by atoms with Crippen LogP contribution in [-0.4, -0.2) is 31.8 Å². The van der Waals surface area contributed by atoms with Crippen LogP contribution < -0.4 is 5.32 Å². The van der Waals surface area contributed by atoms with Crippen LogP contribution in [-0.2, 0) is 9.59 Å². The zero-order valence-corrected chi connectivity index (χ0v) is 14.7. The lowest BCUT2D eigenvalue weighted by atomic mass is 9.86. The second kappa shape index (κ2) is 6.60. The number of imide groups is 1. The van der Waals surface area contributed by atoms with Crippen molar-refractivity contribution in [2.45, 2.75) is 31.7 Å². The Morgan fingerprint density at radius 1 is 1.27 bits per heavy atom. The maximum atomic E-state index is 11.7. The normalized spacial score (nSPS) is 25.0. The van der Waals surface area contributed by atoms with Crippen LogP contribution in [0.15, 0.2) is 29.4 Å². The van der Waals surface area contributed by atoms with Crippen LogP contribution in [0, 0.1) is 5.92 Å². The summed E-state index contributed by atoms with van der Waals surface area (Å²) in [5.41, 5.74) is 2.63. The number of carbonyl (C=O) groups is 3. The highest BCUT2D eigenvalue weighted by Crippen LogP contribution is 2.34. The molecule has 2 aromatic rings. The third-order valence-electron chi connectivity index (χ3n) is 4.98. The van der Waals surface area contributed by atoms with Gasteiger partial charge in [-0.3, -0.25) is 19.7 Å². The number of nitrogens with one attached hydrogen (secondary N) is 1. The van der Waals surface area contributed by atoms with Gasteiger partial charge in [0.2, 0.25) is 0 Å². The minimum absolute atomic E-state index is 0.226. The second-order valence-electron chi connectivity index (χ2n) is 6.60. The fourth-order valence-corrected chi connectivity index (χ4v) is 4.28. The number of carboxylic acid groups (broad SMARTS) is 1. The van der Waals surface area contributed by atoms with Gasteiger partial charge in [-0.25, -0.2) is 4.98 Å². The summed E-state index contributed by atoms with van der Waals surface area (Å²) in [6.45, 7) is 0. The number of carboxylic acids is 1. The zero-order chi connectivity index (χ0) is 18.3. The topological polar surface area (TPSA) is 101 Å². The molecule has 7 nitrogen and oxygen atoms in total. The van der Waals surface area contributed by atoms with E-state index in [1.165, 1.54) is 0 Å². The summed E-state index contributed by atoms with van der Waals surface area (Å²) >= 11 is 0.895. The number of benzene rings is 1. The molecule has 0 atom stereocenters. The Kier molecular flexibility index (Phi) is 4.28. The largest absolute Gasteiger partial charge is 0.481 e. The minimum atomic E-state index is -0.713. The van der Waals surface area contributed by atoms with E-state index in [2.05, 4.69) is 14.9 Å². The molecule has 4 rings (SSSR count). The predicted molar refractivity (Wildman–Crippen MR) is 97.5 cm³/mol. The highest BCUT2D eigenvalue weighted by molar-refractivity contribution is 8.18. The highest BCUT2D eigenvalue weighted by Gasteiger charge is 2.28. The fraction of sp³-hybridized carbons (Fsp3) is 0.333. The first-order chi connectivity index (χ1) is 12.5. The van der Waals surface area contributed by atoms with Crippen molar-refractivity contribution in [1.29, 1.82) is 0 Å². The third kappa shape index (κ3) is 3.12. The number of fused-ring (bicyclic) bond motifs is 1. The van der Waals surface area contributed by atoms with Crippen LogP contribution in [0.1, 0.15) is 37.3 Å². The van der Waals surface area contributed by atoms with E-state index in [4.69, 9.17) is 5.11 Å². The Labute approximate surface area is 153 Å². The van der Waals surface area contributed by atoms with Crippen LogP contribution in [0.3, 0.4) is 0 Å². The summed E-state index contributed by atoms with van der Waals surface area (Å²) in [6.07, 6.45) is 6.45. The summed E-state index contributed by atoms with van der Waals surface area (Å²) in [4.78, 5) is 39.0. The second-order valence-corrected chi connectivity index (χ2v) is 7.61. The number of rotatable bonds is 3. The molecule has 1 aliphatic heterocycles. The Balaban J connectivity index is 1.62. The zero-order valence-electron chi connectivity index (χ0n) is 13.8. The first-order valence-electron chi connectivity index (χ1n) is 8.45. The molecular weight excluding hydrogens is 354 g/mol. The van der Waals surface area contributed by atoms with E-state index < -0.39 is 5.97 Å². The average molecular weight is 371 g/mol. The number of amides is 2. The van der Waals surface area contributed by atoms with Gasteiger partial charge in [0.15, 0.2) is 0 Å².